The summed E-state index contributed by atoms with van der Waals surface area (Å²) in [5, 5.41) is 0. The summed E-state index contributed by atoms with van der Waals surface area (Å²) in [6.45, 7) is 8.99. The Morgan fingerprint density at radius 3 is 2.30 bits per heavy atom. The van der Waals surface area contributed by atoms with E-state index in [0.717, 1.165) is 6.42 Å². The van der Waals surface area contributed by atoms with E-state index in [0.29, 0.717) is 11.3 Å². The predicted octanol–water partition coefficient (Wildman–Crippen LogP) is 3.08. The standard InChI is InChI=1S/C10H18/c1-6-8-9(3)10(4,5)7-2/h1,9H,7-8H2,2-5H3. The van der Waals surface area contributed by atoms with Gasteiger partial charge in [-0.3, -0.25) is 0 Å². The average Bonchev–Trinajstić information content (AvgIpc) is 1.89. The van der Waals surface area contributed by atoms with Gasteiger partial charge in [0, 0.05) is 6.42 Å². The molecule has 0 spiro atoms. The second-order valence-corrected chi connectivity index (χ2v) is 3.65. The molecule has 0 aromatic carbocycles. The number of terminal acetylenes is 1. The third-order valence-corrected chi connectivity index (χ3v) is 2.67. The van der Waals surface area contributed by atoms with Gasteiger partial charge in [0.1, 0.15) is 0 Å². The summed E-state index contributed by atoms with van der Waals surface area (Å²) in [6, 6.07) is 0. The van der Waals surface area contributed by atoms with Gasteiger partial charge in [-0.05, 0) is 11.3 Å². The molecule has 0 amide bonds. The molecule has 0 saturated heterocycles. The van der Waals surface area contributed by atoms with Crippen LogP contribution in [0.25, 0.3) is 0 Å². The first-order chi connectivity index (χ1) is 4.54. The zero-order chi connectivity index (χ0) is 8.20. The number of hydrogen-bond acceptors (Lipinski definition) is 0. The molecule has 1 atom stereocenters. The molecule has 58 valence electrons. The van der Waals surface area contributed by atoms with Gasteiger partial charge < -0.3 is 0 Å². The van der Waals surface area contributed by atoms with E-state index in [2.05, 4.69) is 33.6 Å². The van der Waals surface area contributed by atoms with Gasteiger partial charge in [-0.2, -0.15) is 0 Å². The summed E-state index contributed by atoms with van der Waals surface area (Å²) in [7, 11) is 0. The Balaban J connectivity index is 3.93. The van der Waals surface area contributed by atoms with Crippen molar-refractivity contribution in [1.29, 1.82) is 0 Å². The summed E-state index contributed by atoms with van der Waals surface area (Å²) < 4.78 is 0. The zero-order valence-electron chi connectivity index (χ0n) is 7.57. The average molecular weight is 138 g/mol. The monoisotopic (exact) mass is 138 g/mol. The summed E-state index contributed by atoms with van der Waals surface area (Å²) >= 11 is 0. The Labute approximate surface area is 65.0 Å². The topological polar surface area (TPSA) is 0 Å². The van der Waals surface area contributed by atoms with Crippen LogP contribution in [0.1, 0.15) is 40.5 Å². The molecule has 0 bridgehead atoms. The second-order valence-electron chi connectivity index (χ2n) is 3.65. The molecule has 0 heterocycles. The van der Waals surface area contributed by atoms with Gasteiger partial charge in [0.25, 0.3) is 0 Å². The lowest BCUT2D eigenvalue weighted by Gasteiger charge is -2.29. The van der Waals surface area contributed by atoms with Crippen molar-refractivity contribution < 1.29 is 0 Å². The van der Waals surface area contributed by atoms with E-state index in [1.807, 2.05) is 0 Å². The molecule has 1 unspecified atom stereocenters. The van der Waals surface area contributed by atoms with Crippen molar-refractivity contribution in [1.82, 2.24) is 0 Å². The Morgan fingerprint density at radius 1 is 1.50 bits per heavy atom. The van der Waals surface area contributed by atoms with E-state index in [1.54, 1.807) is 0 Å². The van der Waals surface area contributed by atoms with E-state index in [1.165, 1.54) is 6.42 Å². The largest absolute Gasteiger partial charge is 0.120 e. The molecule has 0 fully saturated rings. The molecule has 0 aliphatic heterocycles. The molecule has 0 nitrogen and oxygen atoms in total. The van der Waals surface area contributed by atoms with Gasteiger partial charge in [-0.1, -0.05) is 34.1 Å². The Bertz CT molecular complexity index is 125. The van der Waals surface area contributed by atoms with Gasteiger partial charge in [0.2, 0.25) is 0 Å². The highest BCUT2D eigenvalue weighted by Gasteiger charge is 2.22. The lowest BCUT2D eigenvalue weighted by Crippen LogP contribution is -2.19. The fourth-order valence-corrected chi connectivity index (χ4v) is 0.802. The Hall–Kier alpha value is -0.440. The Kier molecular flexibility index (Phi) is 3.50. The molecule has 0 aromatic heterocycles. The van der Waals surface area contributed by atoms with Crippen molar-refractivity contribution in [3.05, 3.63) is 0 Å². The van der Waals surface area contributed by atoms with E-state index >= 15 is 0 Å². The molecule has 0 N–H and O–H groups in total. The third kappa shape index (κ3) is 2.43. The van der Waals surface area contributed by atoms with Crippen LogP contribution < -0.4 is 0 Å². The second kappa shape index (κ2) is 3.66. The first kappa shape index (κ1) is 9.56. The first-order valence-corrected chi connectivity index (χ1v) is 3.98. The van der Waals surface area contributed by atoms with Crippen molar-refractivity contribution in [2.75, 3.05) is 0 Å². The summed E-state index contributed by atoms with van der Waals surface area (Å²) in [4.78, 5) is 0. The molecular formula is C10H18. The maximum Gasteiger partial charge on any atom is 0.0117 e. The normalized spacial score (nSPS) is 14.3. The SMILES string of the molecule is C#CCC(C)C(C)(C)CC. The quantitative estimate of drug-likeness (QED) is 0.526. The van der Waals surface area contributed by atoms with E-state index < -0.39 is 0 Å². The van der Waals surface area contributed by atoms with Crippen LogP contribution in [0, 0.1) is 23.7 Å². The van der Waals surface area contributed by atoms with Crippen LogP contribution in [0.3, 0.4) is 0 Å². The third-order valence-electron chi connectivity index (χ3n) is 2.67. The predicted molar refractivity (Wildman–Crippen MR) is 46.7 cm³/mol. The fraction of sp³-hybridized carbons (Fsp3) is 0.800. The summed E-state index contributed by atoms with van der Waals surface area (Å²) in [5.74, 6) is 3.35. The van der Waals surface area contributed by atoms with Crippen molar-refractivity contribution in [3.8, 4) is 12.3 Å². The van der Waals surface area contributed by atoms with Crippen molar-refractivity contribution in [2.24, 2.45) is 11.3 Å². The van der Waals surface area contributed by atoms with Crippen LogP contribution in [0.4, 0.5) is 0 Å². The van der Waals surface area contributed by atoms with Crippen LogP contribution in [-0.4, -0.2) is 0 Å². The van der Waals surface area contributed by atoms with Crippen LogP contribution >= 0.6 is 0 Å². The van der Waals surface area contributed by atoms with Crippen molar-refractivity contribution in [2.45, 2.75) is 40.5 Å². The van der Waals surface area contributed by atoms with Crippen molar-refractivity contribution in [3.63, 3.8) is 0 Å². The summed E-state index contributed by atoms with van der Waals surface area (Å²) in [5.41, 5.74) is 0.409. The zero-order valence-corrected chi connectivity index (χ0v) is 7.57. The van der Waals surface area contributed by atoms with E-state index in [4.69, 9.17) is 6.42 Å². The molecular weight excluding hydrogens is 120 g/mol. The lowest BCUT2D eigenvalue weighted by atomic mass is 9.76. The molecule has 0 radical (unpaired) electrons. The molecule has 0 aliphatic carbocycles. The minimum Gasteiger partial charge on any atom is -0.120 e. The van der Waals surface area contributed by atoms with Gasteiger partial charge in [0.05, 0.1) is 0 Å². The van der Waals surface area contributed by atoms with E-state index in [9.17, 15) is 0 Å². The number of hydrogen-bond donors (Lipinski definition) is 0. The van der Waals surface area contributed by atoms with Crippen molar-refractivity contribution >= 4 is 0 Å². The number of rotatable bonds is 3. The summed E-state index contributed by atoms with van der Waals surface area (Å²) in [6.07, 6.45) is 7.34. The minimum absolute atomic E-state index is 0.409. The van der Waals surface area contributed by atoms with Crippen LogP contribution in [0.15, 0.2) is 0 Å². The molecule has 0 aliphatic rings. The van der Waals surface area contributed by atoms with E-state index in [-0.39, 0.29) is 0 Å². The van der Waals surface area contributed by atoms with Crippen LogP contribution in [-0.2, 0) is 0 Å². The minimum atomic E-state index is 0.409. The van der Waals surface area contributed by atoms with Gasteiger partial charge in [-0.25, -0.2) is 0 Å². The molecule has 0 rings (SSSR count). The van der Waals surface area contributed by atoms with Gasteiger partial charge in [0.15, 0.2) is 0 Å². The molecule has 0 heteroatoms. The lowest BCUT2D eigenvalue weighted by molar-refractivity contribution is 0.226. The highest BCUT2D eigenvalue weighted by atomic mass is 14.3. The van der Waals surface area contributed by atoms with Crippen LogP contribution in [0.5, 0.6) is 0 Å². The fourth-order valence-electron chi connectivity index (χ4n) is 0.802. The maximum atomic E-state index is 5.23. The Morgan fingerprint density at radius 2 is 2.00 bits per heavy atom. The smallest absolute Gasteiger partial charge is 0.0117 e. The molecule has 0 saturated carbocycles. The maximum absolute atomic E-state index is 5.23. The van der Waals surface area contributed by atoms with Gasteiger partial charge in [-0.15, -0.1) is 12.3 Å². The first-order valence-electron chi connectivity index (χ1n) is 3.98. The highest BCUT2D eigenvalue weighted by molar-refractivity contribution is 4.89. The highest BCUT2D eigenvalue weighted by Crippen LogP contribution is 2.31. The van der Waals surface area contributed by atoms with Crippen LogP contribution in [0.2, 0.25) is 0 Å². The molecule has 10 heavy (non-hydrogen) atoms. The molecule has 0 aromatic rings. The van der Waals surface area contributed by atoms with Gasteiger partial charge >= 0.3 is 0 Å².